The number of aryl methyl sites for hydroxylation is 1. The Balaban J connectivity index is 3.13. The number of rotatable bonds is 3. The Morgan fingerprint density at radius 1 is 1.26 bits per heavy atom. The van der Waals surface area contributed by atoms with Gasteiger partial charge < -0.3 is 4.18 Å². The zero-order valence-electron chi connectivity index (χ0n) is 11.5. The number of hydrogen-bond acceptors (Lipinski definition) is 4. The summed E-state index contributed by atoms with van der Waals surface area (Å²) in [5.74, 6) is 0.121. The van der Waals surface area contributed by atoms with E-state index >= 15 is 0 Å². The Hall–Kier alpha value is -1.80. The van der Waals surface area contributed by atoms with Gasteiger partial charge in [-0.15, -0.1) is 0 Å². The molecule has 0 unspecified atom stereocenters. The molecule has 19 heavy (non-hydrogen) atoms. The van der Waals surface area contributed by atoms with Crippen LogP contribution in [0.4, 0.5) is 0 Å². The molecule has 1 aromatic rings. The van der Waals surface area contributed by atoms with Crippen LogP contribution in [0.25, 0.3) is 0 Å². The van der Waals surface area contributed by atoms with Crippen LogP contribution in [0.2, 0.25) is 0 Å². The molecular weight excluding hydrogens is 262 g/mol. The van der Waals surface area contributed by atoms with E-state index in [0.717, 1.165) is 11.6 Å². The molecule has 1 rings (SSSR count). The van der Waals surface area contributed by atoms with Crippen molar-refractivity contribution >= 4 is 10.1 Å². The van der Waals surface area contributed by atoms with Crippen LogP contribution < -0.4 is 0 Å². The highest BCUT2D eigenvalue weighted by molar-refractivity contribution is 7.86. The van der Waals surface area contributed by atoms with Crippen LogP contribution in [0.1, 0.15) is 26.3 Å². The van der Waals surface area contributed by atoms with E-state index in [1.165, 1.54) is 12.1 Å². The van der Waals surface area contributed by atoms with Gasteiger partial charge in [0.05, 0.1) is 12.1 Å². The standard InChI is InChI=1S/C14H17NO3S/c1-11-5-7-12(8-6-11)19(16,17)18-13(9-10-15)14(2,3)4/h5-9H,1-4H3. The number of nitrogens with zero attached hydrogens (tertiary/aromatic N) is 1. The zero-order valence-corrected chi connectivity index (χ0v) is 12.3. The van der Waals surface area contributed by atoms with Crippen LogP contribution >= 0.6 is 0 Å². The fourth-order valence-electron chi connectivity index (χ4n) is 1.30. The highest BCUT2D eigenvalue weighted by Crippen LogP contribution is 2.29. The number of allylic oxidation sites excluding steroid dienone is 2. The van der Waals surface area contributed by atoms with Crippen molar-refractivity contribution in [3.63, 3.8) is 0 Å². The maximum atomic E-state index is 12.1. The van der Waals surface area contributed by atoms with Crippen LogP contribution in [0, 0.1) is 23.7 Å². The van der Waals surface area contributed by atoms with Crippen molar-refractivity contribution in [2.24, 2.45) is 5.41 Å². The lowest BCUT2D eigenvalue weighted by atomic mass is 9.94. The molecule has 0 spiro atoms. The third-order valence-corrected chi connectivity index (χ3v) is 3.69. The average Bonchev–Trinajstić information content (AvgIpc) is 2.27. The predicted molar refractivity (Wildman–Crippen MR) is 72.6 cm³/mol. The smallest absolute Gasteiger partial charge is 0.338 e. The van der Waals surface area contributed by atoms with E-state index in [2.05, 4.69) is 0 Å². The first-order chi connectivity index (χ1) is 8.66. The second-order valence-electron chi connectivity index (χ2n) is 5.24. The van der Waals surface area contributed by atoms with Gasteiger partial charge in [-0.25, -0.2) is 0 Å². The first-order valence-corrected chi connectivity index (χ1v) is 7.19. The van der Waals surface area contributed by atoms with Crippen LogP contribution in [0.5, 0.6) is 0 Å². The van der Waals surface area contributed by atoms with Crippen molar-refractivity contribution in [2.75, 3.05) is 0 Å². The molecule has 0 aliphatic heterocycles. The van der Waals surface area contributed by atoms with Gasteiger partial charge in [0.15, 0.2) is 0 Å². The van der Waals surface area contributed by atoms with Gasteiger partial charge in [-0.2, -0.15) is 13.7 Å². The minimum Gasteiger partial charge on any atom is -0.382 e. The van der Waals surface area contributed by atoms with E-state index in [1.807, 2.05) is 6.92 Å². The van der Waals surface area contributed by atoms with E-state index in [9.17, 15) is 8.42 Å². The van der Waals surface area contributed by atoms with Crippen molar-refractivity contribution in [3.05, 3.63) is 41.7 Å². The summed E-state index contributed by atoms with van der Waals surface area (Å²) in [7, 11) is -3.90. The summed E-state index contributed by atoms with van der Waals surface area (Å²) < 4.78 is 29.3. The van der Waals surface area contributed by atoms with Crippen LogP contribution in [-0.4, -0.2) is 8.42 Å². The van der Waals surface area contributed by atoms with Gasteiger partial charge in [-0.3, -0.25) is 0 Å². The molecule has 0 saturated heterocycles. The second-order valence-corrected chi connectivity index (χ2v) is 6.78. The fourth-order valence-corrected chi connectivity index (χ4v) is 2.40. The zero-order chi connectivity index (χ0) is 14.7. The largest absolute Gasteiger partial charge is 0.382 e. The lowest BCUT2D eigenvalue weighted by Gasteiger charge is -2.21. The summed E-state index contributed by atoms with van der Waals surface area (Å²) >= 11 is 0. The quantitative estimate of drug-likeness (QED) is 0.484. The van der Waals surface area contributed by atoms with Gasteiger partial charge in [-0.1, -0.05) is 38.5 Å². The van der Waals surface area contributed by atoms with E-state index in [4.69, 9.17) is 9.44 Å². The molecule has 0 aromatic heterocycles. The normalized spacial score (nSPS) is 12.9. The molecule has 0 aliphatic carbocycles. The van der Waals surface area contributed by atoms with Gasteiger partial charge in [0, 0.05) is 5.41 Å². The molecule has 0 aliphatic rings. The van der Waals surface area contributed by atoms with E-state index in [-0.39, 0.29) is 10.7 Å². The molecule has 0 saturated carbocycles. The molecule has 5 heteroatoms. The molecule has 1 aromatic carbocycles. The summed E-state index contributed by atoms with van der Waals surface area (Å²) in [6.45, 7) is 7.20. The Kier molecular flexibility index (Phi) is 4.38. The molecule has 4 nitrogen and oxygen atoms in total. The second kappa shape index (κ2) is 5.45. The van der Waals surface area contributed by atoms with Crippen molar-refractivity contribution in [2.45, 2.75) is 32.6 Å². The SMILES string of the molecule is Cc1ccc(S(=O)(=O)OC(=CC#N)C(C)(C)C)cc1. The first-order valence-electron chi connectivity index (χ1n) is 5.78. The highest BCUT2D eigenvalue weighted by atomic mass is 32.2. The summed E-state index contributed by atoms with van der Waals surface area (Å²) in [5, 5.41) is 8.70. The lowest BCUT2D eigenvalue weighted by molar-refractivity contribution is 0.296. The maximum absolute atomic E-state index is 12.1. The molecule has 0 heterocycles. The molecule has 102 valence electrons. The van der Waals surface area contributed by atoms with Crippen LogP contribution in [-0.2, 0) is 14.3 Å². The minimum absolute atomic E-state index is 0.0752. The lowest BCUT2D eigenvalue weighted by Crippen LogP contribution is -2.17. The molecule has 0 bridgehead atoms. The van der Waals surface area contributed by atoms with Crippen LogP contribution in [0.3, 0.4) is 0 Å². The van der Waals surface area contributed by atoms with Gasteiger partial charge in [0.2, 0.25) is 0 Å². The molecule has 0 fully saturated rings. The van der Waals surface area contributed by atoms with Gasteiger partial charge in [0.1, 0.15) is 10.7 Å². The maximum Gasteiger partial charge on any atom is 0.338 e. The Morgan fingerprint density at radius 2 is 1.79 bits per heavy atom. The van der Waals surface area contributed by atoms with Crippen molar-refractivity contribution < 1.29 is 12.6 Å². The van der Waals surface area contributed by atoms with Gasteiger partial charge in [0.25, 0.3) is 0 Å². The Labute approximate surface area is 114 Å². The van der Waals surface area contributed by atoms with Gasteiger partial charge >= 0.3 is 10.1 Å². The van der Waals surface area contributed by atoms with Crippen molar-refractivity contribution in [1.29, 1.82) is 5.26 Å². The first kappa shape index (κ1) is 15.3. The van der Waals surface area contributed by atoms with Crippen LogP contribution in [0.15, 0.2) is 41.0 Å². The predicted octanol–water partition coefficient (Wildman–Crippen LogP) is 3.15. The number of hydrogen-bond donors (Lipinski definition) is 0. The van der Waals surface area contributed by atoms with E-state index < -0.39 is 15.5 Å². The Bertz CT molecular complexity index is 614. The molecule has 0 N–H and O–H groups in total. The van der Waals surface area contributed by atoms with Gasteiger partial charge in [-0.05, 0) is 19.1 Å². The van der Waals surface area contributed by atoms with Crippen molar-refractivity contribution in [1.82, 2.24) is 0 Å². The monoisotopic (exact) mass is 279 g/mol. The number of nitriles is 1. The molecule has 0 radical (unpaired) electrons. The summed E-state index contributed by atoms with van der Waals surface area (Å²) in [6, 6.07) is 8.16. The summed E-state index contributed by atoms with van der Waals surface area (Å²) in [5.41, 5.74) is 0.399. The third-order valence-electron chi connectivity index (χ3n) is 2.44. The third kappa shape index (κ3) is 4.11. The Morgan fingerprint density at radius 3 is 2.21 bits per heavy atom. The fraction of sp³-hybridized carbons (Fsp3) is 0.357. The average molecular weight is 279 g/mol. The van der Waals surface area contributed by atoms with E-state index in [0.29, 0.717) is 0 Å². The minimum atomic E-state index is -3.90. The summed E-state index contributed by atoms with van der Waals surface area (Å²) in [4.78, 5) is 0.0752. The van der Waals surface area contributed by atoms with Crippen molar-refractivity contribution in [3.8, 4) is 6.07 Å². The molecule has 0 atom stereocenters. The number of benzene rings is 1. The van der Waals surface area contributed by atoms with E-state index in [1.54, 1.807) is 39.0 Å². The topological polar surface area (TPSA) is 67.2 Å². The highest BCUT2D eigenvalue weighted by Gasteiger charge is 2.26. The summed E-state index contributed by atoms with van der Waals surface area (Å²) in [6.07, 6.45) is 1.12. The molecule has 0 amide bonds. The molecular formula is C14H17NO3S.